The van der Waals surface area contributed by atoms with Crippen LogP contribution in [0, 0.1) is 6.92 Å². The number of aryl methyl sites for hydroxylation is 1. The smallest absolute Gasteiger partial charge is 0.340 e. The van der Waals surface area contributed by atoms with Gasteiger partial charge in [0.05, 0.1) is 23.4 Å². The van der Waals surface area contributed by atoms with Gasteiger partial charge in [0.1, 0.15) is 5.82 Å². The van der Waals surface area contributed by atoms with E-state index in [1.807, 2.05) is 12.1 Å². The van der Waals surface area contributed by atoms with E-state index in [2.05, 4.69) is 34.7 Å². The summed E-state index contributed by atoms with van der Waals surface area (Å²) in [7, 11) is 0. The topological polar surface area (TPSA) is 80.3 Å². The summed E-state index contributed by atoms with van der Waals surface area (Å²) in [6, 6.07) is 18.3. The van der Waals surface area contributed by atoms with E-state index in [1.165, 1.54) is 17.3 Å². The van der Waals surface area contributed by atoms with Gasteiger partial charge in [-0.15, -0.1) is 0 Å². The number of carbonyl (C=O) groups is 2. The lowest BCUT2D eigenvalue weighted by atomic mass is 10.1. The zero-order valence-corrected chi connectivity index (χ0v) is 16.4. The van der Waals surface area contributed by atoms with Crippen molar-refractivity contribution in [3.05, 3.63) is 89.1 Å². The summed E-state index contributed by atoms with van der Waals surface area (Å²) in [6.45, 7) is 4.71. The number of ether oxygens (including phenoxy) is 1. The molecule has 0 unspecified atom stereocenters. The molecule has 2 aromatic carbocycles. The number of rotatable bonds is 7. The van der Waals surface area contributed by atoms with E-state index in [-0.39, 0.29) is 12.5 Å². The van der Waals surface area contributed by atoms with Crippen LogP contribution in [0.2, 0.25) is 0 Å². The normalized spacial score (nSPS) is 10.3. The summed E-state index contributed by atoms with van der Waals surface area (Å²) >= 11 is 0. The number of anilines is 2. The standard InChI is InChI=1S/C23H23N3O3/c1-3-29-23(28)19-10-6-7-11-20(19)26-22(27)18-12-13-21(25-15-18)24-14-17-9-5-4-8-16(17)2/h4-13,15H,3,14H2,1-2H3,(H,24,25)(H,26,27). The molecule has 0 fully saturated rings. The minimum atomic E-state index is -0.475. The van der Waals surface area contributed by atoms with Gasteiger partial charge in [-0.05, 0) is 49.2 Å². The highest BCUT2D eigenvalue weighted by Crippen LogP contribution is 2.18. The first kappa shape index (κ1) is 20.1. The van der Waals surface area contributed by atoms with Crippen molar-refractivity contribution >= 4 is 23.4 Å². The van der Waals surface area contributed by atoms with Crippen molar-refractivity contribution in [1.82, 2.24) is 4.98 Å². The lowest BCUT2D eigenvalue weighted by Gasteiger charge is -2.11. The summed E-state index contributed by atoms with van der Waals surface area (Å²) in [5.74, 6) is -0.145. The Hall–Kier alpha value is -3.67. The van der Waals surface area contributed by atoms with Crippen LogP contribution in [0.4, 0.5) is 11.5 Å². The van der Waals surface area contributed by atoms with Crippen LogP contribution in [-0.4, -0.2) is 23.5 Å². The average molecular weight is 389 g/mol. The van der Waals surface area contributed by atoms with Crippen molar-refractivity contribution in [3.8, 4) is 0 Å². The molecule has 0 bridgehead atoms. The van der Waals surface area contributed by atoms with Crippen LogP contribution in [0.15, 0.2) is 66.9 Å². The van der Waals surface area contributed by atoms with Gasteiger partial charge >= 0.3 is 5.97 Å². The predicted molar refractivity (Wildman–Crippen MR) is 113 cm³/mol. The van der Waals surface area contributed by atoms with Crippen LogP contribution in [0.25, 0.3) is 0 Å². The molecule has 0 spiro atoms. The molecule has 1 amide bonds. The molecule has 1 heterocycles. The molecular formula is C23H23N3O3. The molecule has 0 aliphatic carbocycles. The third-order valence-electron chi connectivity index (χ3n) is 4.42. The fourth-order valence-corrected chi connectivity index (χ4v) is 2.80. The Bertz CT molecular complexity index is 1000. The lowest BCUT2D eigenvalue weighted by Crippen LogP contribution is -2.16. The van der Waals surface area contributed by atoms with Gasteiger partial charge in [-0.1, -0.05) is 36.4 Å². The van der Waals surface area contributed by atoms with Gasteiger partial charge in [0.15, 0.2) is 0 Å². The Kier molecular flexibility index (Phi) is 6.58. The highest BCUT2D eigenvalue weighted by atomic mass is 16.5. The molecule has 1 aromatic heterocycles. The molecule has 6 nitrogen and oxygen atoms in total. The lowest BCUT2D eigenvalue weighted by molar-refractivity contribution is 0.0527. The number of pyridine rings is 1. The predicted octanol–water partition coefficient (Wildman–Crippen LogP) is 4.43. The highest BCUT2D eigenvalue weighted by molar-refractivity contribution is 6.07. The second-order valence-electron chi connectivity index (χ2n) is 6.43. The SMILES string of the molecule is CCOC(=O)c1ccccc1NC(=O)c1ccc(NCc2ccccc2C)nc1. The summed E-state index contributed by atoms with van der Waals surface area (Å²) < 4.78 is 5.03. The first-order valence-corrected chi connectivity index (χ1v) is 9.40. The zero-order chi connectivity index (χ0) is 20.6. The number of amides is 1. The molecule has 0 atom stereocenters. The third kappa shape index (κ3) is 5.19. The summed E-state index contributed by atoms with van der Waals surface area (Å²) in [5.41, 5.74) is 3.50. The minimum Gasteiger partial charge on any atom is -0.462 e. The molecular weight excluding hydrogens is 366 g/mol. The van der Waals surface area contributed by atoms with Crippen molar-refractivity contribution in [2.75, 3.05) is 17.2 Å². The largest absolute Gasteiger partial charge is 0.462 e. The number of hydrogen-bond acceptors (Lipinski definition) is 5. The molecule has 148 valence electrons. The van der Waals surface area contributed by atoms with E-state index < -0.39 is 5.97 Å². The molecule has 3 rings (SSSR count). The van der Waals surface area contributed by atoms with Gasteiger partial charge in [-0.2, -0.15) is 0 Å². The van der Waals surface area contributed by atoms with Crippen LogP contribution < -0.4 is 10.6 Å². The zero-order valence-electron chi connectivity index (χ0n) is 16.4. The van der Waals surface area contributed by atoms with Gasteiger partial charge in [0.25, 0.3) is 5.91 Å². The number of para-hydroxylation sites is 1. The number of benzene rings is 2. The minimum absolute atomic E-state index is 0.266. The number of aromatic nitrogens is 1. The molecule has 3 aromatic rings. The van der Waals surface area contributed by atoms with E-state index in [9.17, 15) is 9.59 Å². The Morgan fingerprint density at radius 1 is 1.00 bits per heavy atom. The monoisotopic (exact) mass is 389 g/mol. The van der Waals surface area contributed by atoms with E-state index in [0.717, 1.165) is 0 Å². The number of esters is 1. The van der Waals surface area contributed by atoms with Gasteiger partial charge in [0, 0.05) is 12.7 Å². The molecule has 0 saturated carbocycles. The Morgan fingerprint density at radius 3 is 2.48 bits per heavy atom. The summed E-state index contributed by atoms with van der Waals surface area (Å²) in [5, 5.41) is 6.00. The molecule has 29 heavy (non-hydrogen) atoms. The fourth-order valence-electron chi connectivity index (χ4n) is 2.80. The molecule has 0 radical (unpaired) electrons. The Morgan fingerprint density at radius 2 is 1.76 bits per heavy atom. The number of nitrogens with one attached hydrogen (secondary N) is 2. The average Bonchev–Trinajstić information content (AvgIpc) is 2.74. The van der Waals surface area contributed by atoms with Crippen LogP contribution >= 0.6 is 0 Å². The maximum Gasteiger partial charge on any atom is 0.340 e. The maximum absolute atomic E-state index is 12.6. The van der Waals surface area contributed by atoms with Gasteiger partial charge < -0.3 is 15.4 Å². The highest BCUT2D eigenvalue weighted by Gasteiger charge is 2.15. The van der Waals surface area contributed by atoms with Crippen molar-refractivity contribution in [2.45, 2.75) is 20.4 Å². The van der Waals surface area contributed by atoms with Gasteiger partial charge in [0.2, 0.25) is 0 Å². The van der Waals surface area contributed by atoms with Crippen LogP contribution in [0.1, 0.15) is 38.8 Å². The summed E-state index contributed by atoms with van der Waals surface area (Å²) in [4.78, 5) is 28.9. The quantitative estimate of drug-likeness (QED) is 0.584. The van der Waals surface area contributed by atoms with E-state index in [4.69, 9.17) is 4.74 Å². The number of carbonyl (C=O) groups excluding carboxylic acids is 2. The second-order valence-corrected chi connectivity index (χ2v) is 6.43. The molecule has 0 aliphatic rings. The molecule has 0 aliphatic heterocycles. The van der Waals surface area contributed by atoms with Crippen LogP contribution in [-0.2, 0) is 11.3 Å². The number of hydrogen-bond donors (Lipinski definition) is 2. The van der Waals surface area contributed by atoms with Crippen molar-refractivity contribution in [3.63, 3.8) is 0 Å². The van der Waals surface area contributed by atoms with Crippen LogP contribution in [0.5, 0.6) is 0 Å². The first-order valence-electron chi connectivity index (χ1n) is 9.40. The molecule has 0 saturated heterocycles. The third-order valence-corrected chi connectivity index (χ3v) is 4.42. The molecule has 6 heteroatoms. The van der Waals surface area contributed by atoms with Crippen LogP contribution in [0.3, 0.4) is 0 Å². The van der Waals surface area contributed by atoms with Crippen molar-refractivity contribution in [2.24, 2.45) is 0 Å². The van der Waals surface area contributed by atoms with E-state index >= 15 is 0 Å². The summed E-state index contributed by atoms with van der Waals surface area (Å²) in [6.07, 6.45) is 1.50. The Balaban J connectivity index is 1.65. The fraction of sp³-hybridized carbons (Fsp3) is 0.174. The van der Waals surface area contributed by atoms with Gasteiger partial charge in [-0.3, -0.25) is 4.79 Å². The van der Waals surface area contributed by atoms with Crippen molar-refractivity contribution < 1.29 is 14.3 Å². The van der Waals surface area contributed by atoms with Crippen molar-refractivity contribution in [1.29, 1.82) is 0 Å². The number of nitrogens with zero attached hydrogens (tertiary/aromatic N) is 1. The maximum atomic E-state index is 12.6. The van der Waals surface area contributed by atoms with E-state index in [0.29, 0.717) is 29.2 Å². The Labute approximate surface area is 169 Å². The second kappa shape index (κ2) is 9.50. The molecule has 2 N–H and O–H groups in total. The first-order chi connectivity index (χ1) is 14.1. The van der Waals surface area contributed by atoms with Gasteiger partial charge in [-0.25, -0.2) is 9.78 Å². The van der Waals surface area contributed by atoms with E-state index in [1.54, 1.807) is 43.3 Å².